The average molecular weight is 327 g/mol. The van der Waals surface area contributed by atoms with E-state index in [9.17, 15) is 9.59 Å². The number of aliphatic carboxylic acids is 1. The first-order chi connectivity index (χ1) is 9.99. The number of ether oxygens (including phenoxy) is 1. The van der Waals surface area contributed by atoms with Crippen molar-refractivity contribution in [3.8, 4) is 5.75 Å². The van der Waals surface area contributed by atoms with Gasteiger partial charge in [0.2, 0.25) is 0 Å². The fourth-order valence-electron chi connectivity index (χ4n) is 2.18. The molecule has 1 aromatic carbocycles. The Balaban J connectivity index is 2.06. The van der Waals surface area contributed by atoms with Crippen LogP contribution >= 0.6 is 23.2 Å². The minimum Gasteiger partial charge on any atom is -0.478 e. The molecule has 0 bridgehead atoms. The van der Waals surface area contributed by atoms with E-state index in [1.165, 1.54) is 24.7 Å². The first kappa shape index (κ1) is 14.0. The number of ketones is 1. The molecule has 21 heavy (non-hydrogen) atoms. The summed E-state index contributed by atoms with van der Waals surface area (Å²) in [6.45, 7) is 0. The van der Waals surface area contributed by atoms with Gasteiger partial charge in [0.25, 0.3) is 0 Å². The van der Waals surface area contributed by atoms with E-state index in [2.05, 4.69) is 0 Å². The van der Waals surface area contributed by atoms with Gasteiger partial charge in [-0.2, -0.15) is 0 Å². The zero-order chi connectivity index (χ0) is 15.1. The third-order valence-electron chi connectivity index (χ3n) is 3.21. The maximum absolute atomic E-state index is 12.3. The van der Waals surface area contributed by atoms with Gasteiger partial charge in [0.05, 0.1) is 16.8 Å². The van der Waals surface area contributed by atoms with E-state index in [4.69, 9.17) is 37.5 Å². The van der Waals surface area contributed by atoms with Gasteiger partial charge in [-0.3, -0.25) is 4.79 Å². The van der Waals surface area contributed by atoms with E-state index >= 15 is 0 Å². The number of carbonyl (C=O) groups is 2. The fourth-order valence-corrected chi connectivity index (χ4v) is 2.67. The highest BCUT2D eigenvalue weighted by atomic mass is 35.5. The molecule has 1 aliphatic rings. The summed E-state index contributed by atoms with van der Waals surface area (Å²) in [6.07, 6.45) is 1.79. The highest BCUT2D eigenvalue weighted by Gasteiger charge is 2.33. The Labute approximate surface area is 129 Å². The number of furan rings is 1. The topological polar surface area (TPSA) is 76.7 Å². The molecule has 2 heterocycles. The third-order valence-corrected chi connectivity index (χ3v) is 4.06. The summed E-state index contributed by atoms with van der Waals surface area (Å²) >= 11 is 12.2. The molecule has 0 radical (unpaired) electrons. The van der Waals surface area contributed by atoms with Gasteiger partial charge in [-0.25, -0.2) is 4.79 Å². The summed E-state index contributed by atoms with van der Waals surface area (Å²) in [6, 6.07) is 3.03. The molecule has 0 fully saturated rings. The van der Waals surface area contributed by atoms with Crippen LogP contribution in [0.5, 0.6) is 5.75 Å². The summed E-state index contributed by atoms with van der Waals surface area (Å²) in [4.78, 5) is 23.3. The van der Waals surface area contributed by atoms with E-state index < -0.39 is 12.1 Å². The van der Waals surface area contributed by atoms with Crippen molar-refractivity contribution in [2.75, 3.05) is 0 Å². The van der Waals surface area contributed by atoms with Gasteiger partial charge in [-0.15, -0.1) is 0 Å². The van der Waals surface area contributed by atoms with Gasteiger partial charge in [0.15, 0.2) is 11.9 Å². The average Bonchev–Trinajstić information content (AvgIpc) is 3.10. The maximum Gasteiger partial charge on any atom is 0.345 e. The smallest absolute Gasteiger partial charge is 0.345 e. The lowest BCUT2D eigenvalue weighted by molar-refractivity contribution is -0.144. The number of benzene rings is 1. The van der Waals surface area contributed by atoms with Crippen molar-refractivity contribution >= 4 is 35.0 Å². The quantitative estimate of drug-likeness (QED) is 0.876. The predicted octanol–water partition coefficient (Wildman–Crippen LogP) is 3.21. The zero-order valence-corrected chi connectivity index (χ0v) is 11.9. The van der Waals surface area contributed by atoms with Crippen LogP contribution in [0.1, 0.15) is 21.5 Å². The molecule has 0 saturated carbocycles. The van der Waals surface area contributed by atoms with Crippen LogP contribution in [0, 0.1) is 0 Å². The summed E-state index contributed by atoms with van der Waals surface area (Å²) < 4.78 is 10.1. The van der Waals surface area contributed by atoms with E-state index in [1.54, 1.807) is 0 Å². The molecule has 1 aromatic heterocycles. The van der Waals surface area contributed by atoms with Crippen LogP contribution in [0.2, 0.25) is 10.0 Å². The van der Waals surface area contributed by atoms with Crippen molar-refractivity contribution in [2.45, 2.75) is 12.5 Å². The van der Waals surface area contributed by atoms with E-state index in [-0.39, 0.29) is 33.6 Å². The number of carbonyl (C=O) groups excluding carboxylic acids is 1. The molecule has 1 aliphatic heterocycles. The molecule has 0 aliphatic carbocycles. The Morgan fingerprint density at radius 3 is 2.67 bits per heavy atom. The van der Waals surface area contributed by atoms with Gasteiger partial charge in [0.1, 0.15) is 17.0 Å². The van der Waals surface area contributed by atoms with Crippen molar-refractivity contribution in [3.63, 3.8) is 0 Å². The largest absolute Gasteiger partial charge is 0.478 e. The maximum atomic E-state index is 12.3. The Morgan fingerprint density at radius 2 is 2.05 bits per heavy atom. The van der Waals surface area contributed by atoms with Gasteiger partial charge >= 0.3 is 5.97 Å². The number of hydrogen-bond acceptors (Lipinski definition) is 4. The second-order valence-corrected chi connectivity index (χ2v) is 5.29. The minimum absolute atomic E-state index is 0.0349. The van der Waals surface area contributed by atoms with Crippen LogP contribution in [0.3, 0.4) is 0 Å². The molecule has 1 atom stereocenters. The Hall–Kier alpha value is -1.98. The number of rotatable bonds is 3. The normalized spacial score (nSPS) is 16.4. The fraction of sp³-hybridized carbons (Fsp3) is 0.143. The molecule has 3 rings (SSSR count). The lowest BCUT2D eigenvalue weighted by Gasteiger charge is -2.09. The lowest BCUT2D eigenvalue weighted by Crippen LogP contribution is -2.24. The van der Waals surface area contributed by atoms with E-state index in [0.29, 0.717) is 11.1 Å². The van der Waals surface area contributed by atoms with Crippen molar-refractivity contribution in [1.82, 2.24) is 0 Å². The van der Waals surface area contributed by atoms with Crippen LogP contribution in [0.4, 0.5) is 0 Å². The summed E-state index contributed by atoms with van der Waals surface area (Å²) in [5.41, 5.74) is 1.07. The molecule has 1 unspecified atom stereocenters. The monoisotopic (exact) mass is 326 g/mol. The molecule has 2 aromatic rings. The van der Waals surface area contributed by atoms with Crippen molar-refractivity contribution in [2.24, 2.45) is 0 Å². The number of hydrogen-bond donors (Lipinski definition) is 1. The third kappa shape index (κ3) is 2.28. The number of fused-ring (bicyclic) bond motifs is 1. The molecule has 5 nitrogen and oxygen atoms in total. The molecule has 0 saturated heterocycles. The number of carboxylic acid groups (broad SMARTS) is 1. The van der Waals surface area contributed by atoms with Crippen molar-refractivity contribution in [3.05, 3.63) is 51.4 Å². The van der Waals surface area contributed by atoms with Gasteiger partial charge in [-0.05, 0) is 12.1 Å². The summed E-state index contributed by atoms with van der Waals surface area (Å²) in [5, 5.41) is 9.07. The van der Waals surface area contributed by atoms with Crippen LogP contribution < -0.4 is 4.74 Å². The van der Waals surface area contributed by atoms with E-state index in [1.807, 2.05) is 0 Å². The second kappa shape index (κ2) is 5.09. The Kier molecular flexibility index (Phi) is 3.39. The van der Waals surface area contributed by atoms with Crippen LogP contribution in [0.15, 0.2) is 29.1 Å². The van der Waals surface area contributed by atoms with Crippen LogP contribution in [-0.2, 0) is 11.2 Å². The van der Waals surface area contributed by atoms with Gasteiger partial charge < -0.3 is 14.3 Å². The van der Waals surface area contributed by atoms with E-state index in [0.717, 1.165) is 0 Å². The van der Waals surface area contributed by atoms with Crippen molar-refractivity contribution in [1.29, 1.82) is 0 Å². The first-order valence-corrected chi connectivity index (χ1v) is 6.72. The number of carboxylic acids is 1. The van der Waals surface area contributed by atoms with Crippen molar-refractivity contribution < 1.29 is 23.8 Å². The lowest BCUT2D eigenvalue weighted by atomic mass is 10.0. The summed E-state index contributed by atoms with van der Waals surface area (Å²) in [5.74, 6) is -1.23. The second-order valence-electron chi connectivity index (χ2n) is 4.53. The Bertz CT molecular complexity index is 736. The number of halogens is 2. The highest BCUT2D eigenvalue weighted by Crippen LogP contribution is 2.43. The highest BCUT2D eigenvalue weighted by molar-refractivity contribution is 6.45. The molecular formula is C14H8Cl2O5. The zero-order valence-electron chi connectivity index (χ0n) is 10.4. The van der Waals surface area contributed by atoms with Gasteiger partial charge in [0, 0.05) is 17.5 Å². The molecule has 108 valence electrons. The molecule has 1 N–H and O–H groups in total. The standard InChI is InChI=1S/C14H8Cl2O5/c15-10-8(12(17)6-1-2-20-5-6)3-7-4-9(14(18)19)21-13(7)11(10)16/h1-3,5,9H,4H2,(H,18,19). The van der Waals surface area contributed by atoms with Crippen LogP contribution in [-0.4, -0.2) is 23.0 Å². The minimum atomic E-state index is -1.10. The summed E-state index contributed by atoms with van der Waals surface area (Å²) in [7, 11) is 0. The molecule has 0 spiro atoms. The molecular weight excluding hydrogens is 319 g/mol. The van der Waals surface area contributed by atoms with Gasteiger partial charge in [-0.1, -0.05) is 23.2 Å². The predicted molar refractivity (Wildman–Crippen MR) is 74.4 cm³/mol. The van der Waals surface area contributed by atoms with Crippen LogP contribution in [0.25, 0.3) is 0 Å². The SMILES string of the molecule is O=C(c1ccoc1)c1cc2c(c(Cl)c1Cl)OC(C(=O)O)C2. The molecule has 0 amide bonds. The molecule has 7 heteroatoms. The Morgan fingerprint density at radius 1 is 1.29 bits per heavy atom. The first-order valence-electron chi connectivity index (χ1n) is 5.96.